The van der Waals surface area contributed by atoms with Gasteiger partial charge in [-0.3, -0.25) is 19.2 Å². The highest BCUT2D eigenvalue weighted by molar-refractivity contribution is 8.76. The van der Waals surface area contributed by atoms with Crippen LogP contribution in [0.15, 0.2) is 23.9 Å². The second-order valence-electron chi connectivity index (χ2n) is 9.24. The third-order valence-corrected chi connectivity index (χ3v) is 8.03. The molecule has 4 N–H and O–H groups in total. The van der Waals surface area contributed by atoms with E-state index in [-0.39, 0.29) is 29.7 Å². The highest BCUT2D eigenvalue weighted by Crippen LogP contribution is 2.24. The Bertz CT molecular complexity index is 905. The normalized spacial score (nSPS) is 29.6. The van der Waals surface area contributed by atoms with E-state index >= 15 is 0 Å². The molecule has 2 heterocycles. The predicted molar refractivity (Wildman–Crippen MR) is 141 cm³/mol. The fraction of sp³-hybridized carbons (Fsp3) is 0.625. The van der Waals surface area contributed by atoms with Crippen molar-refractivity contribution in [1.29, 1.82) is 0 Å². The summed E-state index contributed by atoms with van der Waals surface area (Å²) in [4.78, 5) is 65.2. The lowest BCUT2D eigenvalue weighted by Crippen LogP contribution is -2.57. The molecule has 10 nitrogen and oxygen atoms in total. The quantitative estimate of drug-likeness (QED) is 0.178. The van der Waals surface area contributed by atoms with Gasteiger partial charge in [-0.1, -0.05) is 61.4 Å². The van der Waals surface area contributed by atoms with Crippen LogP contribution < -0.4 is 21.3 Å². The Labute approximate surface area is 220 Å². The van der Waals surface area contributed by atoms with Crippen LogP contribution in [0, 0.1) is 11.8 Å². The van der Waals surface area contributed by atoms with Crippen LogP contribution >= 0.6 is 21.6 Å². The Morgan fingerprint density at radius 2 is 1.64 bits per heavy atom. The first-order valence-corrected chi connectivity index (χ1v) is 14.5. The fourth-order valence-electron chi connectivity index (χ4n) is 3.50. The number of allylic oxidation sites excluding steroid dienone is 2. The Morgan fingerprint density at radius 1 is 0.944 bits per heavy atom. The fourth-order valence-corrected chi connectivity index (χ4v) is 5.66. The minimum Gasteiger partial charge on any atom is -0.456 e. The SMILES string of the molecule is C/C=C1/NC(=O)C2CSSCC/C=C\C(CC(=O)NC(C(C)C)C(=O)N2)OC(=O)C(C(C)C)NC1=O. The zero-order valence-corrected chi connectivity index (χ0v) is 22.9. The smallest absolute Gasteiger partial charge is 0.329 e. The van der Waals surface area contributed by atoms with Crippen molar-refractivity contribution >= 4 is 51.2 Å². The molecule has 0 spiro atoms. The molecule has 0 aromatic carbocycles. The average Bonchev–Trinajstić information content (AvgIpc) is 2.81. The van der Waals surface area contributed by atoms with Crippen LogP contribution in [0.3, 0.4) is 0 Å². The van der Waals surface area contributed by atoms with Crippen molar-refractivity contribution in [1.82, 2.24) is 21.3 Å². The summed E-state index contributed by atoms with van der Waals surface area (Å²) in [6, 6.07) is -2.86. The zero-order valence-electron chi connectivity index (χ0n) is 21.3. The van der Waals surface area contributed by atoms with Crippen LogP contribution in [-0.2, 0) is 28.7 Å². The predicted octanol–water partition coefficient (Wildman–Crippen LogP) is 1.43. The van der Waals surface area contributed by atoms with Crippen LogP contribution in [0.25, 0.3) is 0 Å². The Balaban J connectivity index is 2.55. The number of esters is 1. The number of carbonyl (C=O) groups is 5. The number of carbonyl (C=O) groups excluding carboxylic acids is 5. The van der Waals surface area contributed by atoms with E-state index in [1.54, 1.807) is 40.7 Å². The van der Waals surface area contributed by atoms with E-state index in [4.69, 9.17) is 4.74 Å². The minimum absolute atomic E-state index is 0.0445. The van der Waals surface area contributed by atoms with Crippen LogP contribution in [0.5, 0.6) is 0 Å². The third kappa shape index (κ3) is 8.88. The van der Waals surface area contributed by atoms with E-state index in [0.29, 0.717) is 12.2 Å². The first-order valence-electron chi connectivity index (χ1n) is 12.0. The molecule has 0 saturated carbocycles. The summed E-state index contributed by atoms with van der Waals surface area (Å²) in [5.74, 6) is -2.54. The van der Waals surface area contributed by atoms with E-state index in [1.807, 2.05) is 6.08 Å². The number of amides is 4. The molecule has 12 heteroatoms. The molecule has 4 atom stereocenters. The lowest BCUT2D eigenvalue weighted by Gasteiger charge is -2.27. The van der Waals surface area contributed by atoms with Crippen molar-refractivity contribution in [3.05, 3.63) is 23.9 Å². The molecule has 200 valence electrons. The van der Waals surface area contributed by atoms with Crippen molar-refractivity contribution in [2.24, 2.45) is 11.8 Å². The minimum atomic E-state index is -1.00. The summed E-state index contributed by atoms with van der Waals surface area (Å²) in [7, 11) is 2.95. The van der Waals surface area contributed by atoms with Gasteiger partial charge in [0.25, 0.3) is 5.91 Å². The average molecular weight is 541 g/mol. The van der Waals surface area contributed by atoms with Gasteiger partial charge in [0.15, 0.2) is 0 Å². The second kappa shape index (κ2) is 14.3. The van der Waals surface area contributed by atoms with Gasteiger partial charge in [-0.25, -0.2) is 4.79 Å². The summed E-state index contributed by atoms with van der Waals surface area (Å²) < 4.78 is 5.65. The van der Waals surface area contributed by atoms with Crippen LogP contribution in [0.4, 0.5) is 0 Å². The number of ether oxygens (including phenoxy) is 1. The van der Waals surface area contributed by atoms with Gasteiger partial charge in [0.2, 0.25) is 17.7 Å². The molecule has 36 heavy (non-hydrogen) atoms. The first kappa shape index (κ1) is 29.8. The van der Waals surface area contributed by atoms with E-state index in [9.17, 15) is 24.0 Å². The van der Waals surface area contributed by atoms with Gasteiger partial charge in [0.1, 0.15) is 29.9 Å². The third-order valence-electron chi connectivity index (χ3n) is 5.59. The highest BCUT2D eigenvalue weighted by Gasteiger charge is 2.33. The van der Waals surface area contributed by atoms with Crippen molar-refractivity contribution in [3.8, 4) is 0 Å². The molecular weight excluding hydrogens is 504 g/mol. The standard InChI is InChI=1S/C24H36N4O6S2/c1-6-16-21(30)28-20(14(4)5)24(33)34-15-9-7-8-10-35-36-12-17(22(31)25-16)26-23(32)19(13(2)3)27-18(29)11-15/h6-7,9,13-15,17,19-20H,8,10-12H2,1-5H3,(H,25,31)(H,26,32)(H,27,29)(H,28,30)/b9-7-,16-6+. The molecule has 4 amide bonds. The topological polar surface area (TPSA) is 143 Å². The number of fused-ring (bicyclic) bond motifs is 7. The summed E-state index contributed by atoms with van der Waals surface area (Å²) >= 11 is 0. The maximum atomic E-state index is 13.2. The van der Waals surface area contributed by atoms with Gasteiger partial charge in [-0.2, -0.15) is 0 Å². The van der Waals surface area contributed by atoms with Crippen molar-refractivity contribution < 1.29 is 28.7 Å². The highest BCUT2D eigenvalue weighted by atomic mass is 33.1. The lowest BCUT2D eigenvalue weighted by molar-refractivity contribution is -0.153. The van der Waals surface area contributed by atoms with E-state index < -0.39 is 53.8 Å². The molecule has 0 radical (unpaired) electrons. The molecule has 0 aliphatic carbocycles. The van der Waals surface area contributed by atoms with E-state index in [2.05, 4.69) is 21.3 Å². The summed E-state index contributed by atoms with van der Waals surface area (Å²) in [6.45, 7) is 8.66. The van der Waals surface area contributed by atoms with Crippen molar-refractivity contribution in [2.75, 3.05) is 11.5 Å². The maximum Gasteiger partial charge on any atom is 0.329 e. The monoisotopic (exact) mass is 540 g/mol. The zero-order chi connectivity index (χ0) is 26.8. The molecule has 0 aromatic rings. The Hall–Kier alpha value is -2.47. The van der Waals surface area contributed by atoms with Crippen molar-refractivity contribution in [3.63, 3.8) is 0 Å². The first-order chi connectivity index (χ1) is 17.0. The molecule has 2 aliphatic heterocycles. The van der Waals surface area contributed by atoms with Gasteiger partial charge >= 0.3 is 5.97 Å². The second-order valence-corrected chi connectivity index (χ2v) is 11.9. The van der Waals surface area contributed by atoms with Crippen LogP contribution in [-0.4, -0.2) is 65.3 Å². The molecule has 2 bridgehead atoms. The van der Waals surface area contributed by atoms with Gasteiger partial charge in [-0.15, -0.1) is 0 Å². The summed E-state index contributed by atoms with van der Waals surface area (Å²) in [5, 5.41) is 10.7. The Morgan fingerprint density at radius 3 is 2.28 bits per heavy atom. The van der Waals surface area contributed by atoms with Gasteiger partial charge in [-0.05, 0) is 31.3 Å². The summed E-state index contributed by atoms with van der Waals surface area (Å²) in [5.41, 5.74) is -0.0445. The van der Waals surface area contributed by atoms with Crippen LogP contribution in [0.2, 0.25) is 0 Å². The number of rotatable bonds is 2. The molecule has 4 unspecified atom stereocenters. The van der Waals surface area contributed by atoms with Gasteiger partial charge in [0, 0.05) is 11.5 Å². The van der Waals surface area contributed by atoms with Gasteiger partial charge in [0.05, 0.1) is 6.42 Å². The molecule has 1 saturated heterocycles. The van der Waals surface area contributed by atoms with Crippen LogP contribution in [0.1, 0.15) is 47.5 Å². The lowest BCUT2D eigenvalue weighted by atomic mass is 10.0. The molecular formula is C24H36N4O6S2. The molecule has 2 rings (SSSR count). The molecule has 1 fully saturated rings. The van der Waals surface area contributed by atoms with Crippen molar-refractivity contribution in [2.45, 2.75) is 71.7 Å². The molecule has 2 aliphatic rings. The van der Waals surface area contributed by atoms with E-state index in [0.717, 1.165) is 0 Å². The summed E-state index contributed by atoms with van der Waals surface area (Å²) in [6.07, 6.45) is 4.51. The maximum absolute atomic E-state index is 13.2. The Kier molecular flexibility index (Phi) is 11.8. The van der Waals surface area contributed by atoms with E-state index in [1.165, 1.54) is 27.7 Å². The number of nitrogens with one attached hydrogen (secondary N) is 4. The number of hydrogen-bond acceptors (Lipinski definition) is 8. The largest absolute Gasteiger partial charge is 0.456 e. The molecule has 0 aromatic heterocycles. The van der Waals surface area contributed by atoms with Gasteiger partial charge < -0.3 is 26.0 Å². The number of hydrogen-bond donors (Lipinski definition) is 4.